The molecule has 0 aliphatic rings. The molecule has 166 valence electrons. The highest BCUT2D eigenvalue weighted by molar-refractivity contribution is 5.76. The van der Waals surface area contributed by atoms with Crippen molar-refractivity contribution in [3.8, 4) is 0 Å². The molecule has 29 heavy (non-hydrogen) atoms. The van der Waals surface area contributed by atoms with Gasteiger partial charge in [-0.25, -0.2) is 9.78 Å². The molecule has 0 fully saturated rings. The fraction of sp³-hybridized carbons (Fsp3) is 0.722. The zero-order valence-corrected chi connectivity index (χ0v) is 17.1. The number of alkyl halides is 3. The van der Waals surface area contributed by atoms with Crippen LogP contribution in [0, 0.1) is 0 Å². The Morgan fingerprint density at radius 1 is 1.24 bits per heavy atom. The maximum atomic E-state index is 12.2. The van der Waals surface area contributed by atoms with Gasteiger partial charge in [0.25, 0.3) is 0 Å². The van der Waals surface area contributed by atoms with E-state index in [0.29, 0.717) is 5.69 Å². The number of hydrogen-bond donors (Lipinski definition) is 2. The van der Waals surface area contributed by atoms with E-state index in [1.54, 1.807) is 31.5 Å². The van der Waals surface area contributed by atoms with Crippen molar-refractivity contribution in [1.29, 1.82) is 0 Å². The van der Waals surface area contributed by atoms with Gasteiger partial charge in [0.05, 0.1) is 19.1 Å². The van der Waals surface area contributed by atoms with Crippen molar-refractivity contribution in [2.45, 2.75) is 64.4 Å². The second-order valence-corrected chi connectivity index (χ2v) is 7.48. The molecule has 1 rings (SSSR count). The Kier molecular flexibility index (Phi) is 9.41. The van der Waals surface area contributed by atoms with E-state index in [2.05, 4.69) is 15.6 Å². The Labute approximate surface area is 168 Å². The van der Waals surface area contributed by atoms with E-state index in [4.69, 9.17) is 9.47 Å². The minimum atomic E-state index is -4.18. The number of alkyl carbamates (subject to hydrolysis) is 1. The quantitative estimate of drug-likeness (QED) is 0.444. The molecule has 0 aliphatic carbocycles. The number of hydrogen-bond acceptors (Lipinski definition) is 6. The molecule has 1 heterocycles. The molecule has 1 atom stereocenters. The first-order valence-electron chi connectivity index (χ1n) is 9.25. The lowest BCUT2D eigenvalue weighted by molar-refractivity contribution is -0.143. The van der Waals surface area contributed by atoms with Crippen LogP contribution in [0.2, 0.25) is 0 Å². The number of ether oxygens (including phenoxy) is 2. The molecular weight excluding hydrogens is 393 g/mol. The molecule has 2 N–H and O–H groups in total. The third-order valence-electron chi connectivity index (χ3n) is 3.65. The van der Waals surface area contributed by atoms with Gasteiger partial charge in [0.2, 0.25) is 0 Å². The Hall–Kier alpha value is -2.30. The number of rotatable bonds is 10. The number of amides is 1. The normalized spacial score (nSPS) is 13.1. The second kappa shape index (κ2) is 11.0. The summed E-state index contributed by atoms with van der Waals surface area (Å²) in [5.74, 6) is -0.506. The first kappa shape index (κ1) is 24.7. The van der Waals surface area contributed by atoms with Gasteiger partial charge in [0, 0.05) is 38.7 Å². The number of esters is 1. The van der Waals surface area contributed by atoms with Crippen LogP contribution >= 0.6 is 0 Å². The van der Waals surface area contributed by atoms with Gasteiger partial charge in [0.15, 0.2) is 0 Å². The molecule has 0 bridgehead atoms. The second-order valence-electron chi connectivity index (χ2n) is 7.48. The monoisotopic (exact) mass is 422 g/mol. The lowest BCUT2D eigenvalue weighted by Gasteiger charge is -2.20. The minimum absolute atomic E-state index is 0.0473. The number of halogens is 3. The molecule has 1 aromatic heterocycles. The summed E-state index contributed by atoms with van der Waals surface area (Å²) in [7, 11) is 1.26. The predicted molar refractivity (Wildman–Crippen MR) is 99.3 cm³/mol. The van der Waals surface area contributed by atoms with Gasteiger partial charge >= 0.3 is 18.2 Å². The average molecular weight is 422 g/mol. The molecular formula is C18H29F3N4O4. The number of nitrogens with one attached hydrogen (secondary N) is 2. The van der Waals surface area contributed by atoms with E-state index >= 15 is 0 Å². The van der Waals surface area contributed by atoms with Gasteiger partial charge in [-0.2, -0.15) is 13.2 Å². The Bertz CT molecular complexity index is 656. The van der Waals surface area contributed by atoms with Crippen molar-refractivity contribution in [3.63, 3.8) is 0 Å². The van der Waals surface area contributed by atoms with Gasteiger partial charge in [-0.05, 0) is 27.2 Å². The van der Waals surface area contributed by atoms with Gasteiger partial charge in [-0.3, -0.25) is 4.79 Å². The third-order valence-corrected chi connectivity index (χ3v) is 3.65. The van der Waals surface area contributed by atoms with Gasteiger partial charge in [-0.1, -0.05) is 0 Å². The average Bonchev–Trinajstić information content (AvgIpc) is 3.01. The van der Waals surface area contributed by atoms with Crippen LogP contribution in [-0.2, 0) is 27.2 Å². The topological polar surface area (TPSA) is 94.5 Å². The lowest BCUT2D eigenvalue weighted by atomic mass is 10.1. The molecule has 8 nitrogen and oxygen atoms in total. The maximum Gasteiger partial charge on any atom is 0.407 e. The highest BCUT2D eigenvalue weighted by Crippen LogP contribution is 2.21. The van der Waals surface area contributed by atoms with Crippen molar-refractivity contribution in [2.75, 3.05) is 20.2 Å². The highest BCUT2D eigenvalue weighted by Gasteiger charge is 2.26. The van der Waals surface area contributed by atoms with Crippen LogP contribution in [-0.4, -0.2) is 59.6 Å². The van der Waals surface area contributed by atoms with Crippen LogP contribution in [0.5, 0.6) is 0 Å². The number of carbonyl (C=O) groups excluding carboxylic acids is 2. The number of aryl methyl sites for hydroxylation is 1. The first-order chi connectivity index (χ1) is 13.4. The highest BCUT2D eigenvalue weighted by atomic mass is 19.4. The third kappa shape index (κ3) is 11.3. The summed E-state index contributed by atoms with van der Waals surface area (Å²) in [6.45, 7) is 5.95. The van der Waals surface area contributed by atoms with E-state index in [0.717, 1.165) is 0 Å². The van der Waals surface area contributed by atoms with E-state index in [1.165, 1.54) is 13.4 Å². The smallest absolute Gasteiger partial charge is 0.407 e. The van der Waals surface area contributed by atoms with Crippen LogP contribution in [0.3, 0.4) is 0 Å². The summed E-state index contributed by atoms with van der Waals surface area (Å²) in [6.07, 6.45) is -2.42. The molecule has 1 aromatic rings. The van der Waals surface area contributed by atoms with Crippen molar-refractivity contribution >= 4 is 12.1 Å². The molecule has 1 amide bonds. The largest absolute Gasteiger partial charge is 0.468 e. The van der Waals surface area contributed by atoms with E-state index in [9.17, 15) is 22.8 Å². The van der Waals surface area contributed by atoms with E-state index in [-0.39, 0.29) is 32.5 Å². The Balaban J connectivity index is 2.47. The summed E-state index contributed by atoms with van der Waals surface area (Å²) in [5, 5.41) is 5.53. The molecule has 0 aromatic carbocycles. The molecule has 0 aliphatic heterocycles. The van der Waals surface area contributed by atoms with E-state index < -0.39 is 36.3 Å². The fourth-order valence-corrected chi connectivity index (χ4v) is 2.41. The number of imidazole rings is 1. The van der Waals surface area contributed by atoms with Crippen LogP contribution in [0.1, 0.15) is 39.3 Å². The molecule has 1 unspecified atom stereocenters. The summed E-state index contributed by atoms with van der Waals surface area (Å²) in [6, 6.07) is -0.709. The molecule has 0 radical (unpaired) electrons. The van der Waals surface area contributed by atoms with Crippen LogP contribution in [0.25, 0.3) is 0 Å². The lowest BCUT2D eigenvalue weighted by Crippen LogP contribution is -2.44. The number of carbonyl (C=O) groups is 2. The summed E-state index contributed by atoms with van der Waals surface area (Å²) < 4.78 is 48.1. The van der Waals surface area contributed by atoms with Crippen molar-refractivity contribution in [3.05, 3.63) is 18.2 Å². The van der Waals surface area contributed by atoms with E-state index in [1.807, 2.05) is 0 Å². The molecule has 0 saturated heterocycles. The number of nitrogens with zero attached hydrogens (tertiary/aromatic N) is 2. The zero-order valence-electron chi connectivity index (χ0n) is 17.1. The summed E-state index contributed by atoms with van der Waals surface area (Å²) in [4.78, 5) is 27.7. The van der Waals surface area contributed by atoms with Crippen molar-refractivity contribution in [2.24, 2.45) is 0 Å². The first-order valence-corrected chi connectivity index (χ1v) is 9.25. The maximum absolute atomic E-state index is 12.2. The number of aromatic nitrogens is 2. The Morgan fingerprint density at radius 3 is 2.52 bits per heavy atom. The molecule has 0 spiro atoms. The number of methoxy groups -OCH3 is 1. The van der Waals surface area contributed by atoms with Crippen LogP contribution < -0.4 is 10.6 Å². The summed E-state index contributed by atoms with van der Waals surface area (Å²) >= 11 is 0. The fourth-order valence-electron chi connectivity index (χ4n) is 2.41. The van der Waals surface area contributed by atoms with Crippen molar-refractivity contribution < 1.29 is 32.2 Å². The SMILES string of the molecule is COC(=O)C(Cc1cn(CCCC(F)(F)F)cn1)NCCNC(=O)OC(C)(C)C. The van der Waals surface area contributed by atoms with Gasteiger partial charge in [-0.15, -0.1) is 0 Å². The molecule has 11 heteroatoms. The van der Waals surface area contributed by atoms with Crippen molar-refractivity contribution in [1.82, 2.24) is 20.2 Å². The van der Waals surface area contributed by atoms with Crippen LogP contribution in [0.15, 0.2) is 12.5 Å². The standard InChI is InChI=1S/C18H29F3N4O4/c1-17(2,3)29-16(27)23-8-7-22-14(15(26)28-4)10-13-11-25(12-24-13)9-5-6-18(19,20)21/h11-12,14,22H,5-10H2,1-4H3,(H,23,27). The van der Waals surface area contributed by atoms with Gasteiger partial charge in [0.1, 0.15) is 11.6 Å². The summed E-state index contributed by atoms with van der Waals surface area (Å²) in [5.41, 5.74) is -0.0645. The Morgan fingerprint density at radius 2 is 1.93 bits per heavy atom. The minimum Gasteiger partial charge on any atom is -0.468 e. The molecule has 0 saturated carbocycles. The predicted octanol–water partition coefficient (Wildman–Crippen LogP) is 2.42. The zero-order chi connectivity index (χ0) is 22.1. The van der Waals surface area contributed by atoms with Crippen LogP contribution in [0.4, 0.5) is 18.0 Å². The van der Waals surface area contributed by atoms with Gasteiger partial charge < -0.3 is 24.7 Å².